The van der Waals surface area contributed by atoms with Gasteiger partial charge in [-0.3, -0.25) is 0 Å². The lowest BCUT2D eigenvalue weighted by Crippen LogP contribution is -2.63. The summed E-state index contributed by atoms with van der Waals surface area (Å²) in [7, 11) is 1.17. The van der Waals surface area contributed by atoms with E-state index in [-0.39, 0.29) is 6.10 Å². The number of allylic oxidation sites excluding steroid dienone is 1. The maximum absolute atomic E-state index is 7.19. The van der Waals surface area contributed by atoms with Gasteiger partial charge in [0.15, 0.2) is 0 Å². The second-order valence-corrected chi connectivity index (χ2v) is 18.0. The molecule has 1 aliphatic heterocycles. The van der Waals surface area contributed by atoms with E-state index in [1.807, 2.05) is 0 Å². The molecule has 1 atom stereocenters. The van der Waals surface area contributed by atoms with Gasteiger partial charge in [0.1, 0.15) is 0 Å². The quantitative estimate of drug-likeness (QED) is 0.392. The molecule has 6 heteroatoms. The Hall–Kier alpha value is 0.119. The van der Waals surface area contributed by atoms with Gasteiger partial charge in [-0.25, -0.2) is 0 Å². The van der Waals surface area contributed by atoms with E-state index in [9.17, 15) is 0 Å². The van der Waals surface area contributed by atoms with Crippen LogP contribution in [0, 0.1) is 0 Å². The Balaban J connectivity index is 3.49. The Kier molecular flexibility index (Phi) is 8.87. The molecule has 0 aromatic rings. The molecule has 0 aromatic heterocycles. The predicted octanol–water partition coefficient (Wildman–Crippen LogP) is 6.26. The first-order valence-corrected chi connectivity index (χ1v) is 14.3. The first-order chi connectivity index (χ1) is 11.9. The predicted molar refractivity (Wildman–Crippen MR) is 117 cm³/mol. The Morgan fingerprint density at radius 3 is 1.69 bits per heavy atom. The largest absolute Gasteiger partial charge is 0.414 e. The molecular weight excluding hydrogens is 355 g/mol. The fraction of sp³-hybridized carbons (Fsp3) is 0.900. The molecule has 3 nitrogen and oxygen atoms in total. The van der Waals surface area contributed by atoms with E-state index >= 15 is 0 Å². The van der Waals surface area contributed by atoms with Crippen LogP contribution in [0.4, 0.5) is 0 Å². The summed E-state index contributed by atoms with van der Waals surface area (Å²) < 4.78 is 20.9. The summed E-state index contributed by atoms with van der Waals surface area (Å²) in [6.07, 6.45) is 1.40. The van der Waals surface area contributed by atoms with E-state index in [1.54, 1.807) is 0 Å². The maximum atomic E-state index is 7.19. The van der Waals surface area contributed by atoms with Crippen LogP contribution in [0.2, 0.25) is 28.5 Å². The third-order valence-corrected chi connectivity index (χ3v) is 16.1. The van der Waals surface area contributed by atoms with Crippen LogP contribution in [0.25, 0.3) is 0 Å². The monoisotopic (exact) mass is 396 g/mol. The van der Waals surface area contributed by atoms with Gasteiger partial charge < -0.3 is 13.0 Å². The van der Waals surface area contributed by atoms with Gasteiger partial charge >= 0.3 is 17.1 Å². The van der Waals surface area contributed by atoms with Gasteiger partial charge in [0.05, 0.1) is 14.0 Å². The molecule has 0 aliphatic carbocycles. The highest BCUT2D eigenvalue weighted by atomic mass is 28.5. The van der Waals surface area contributed by atoms with Crippen LogP contribution in [-0.4, -0.2) is 37.7 Å². The highest BCUT2D eigenvalue weighted by molar-refractivity contribution is 6.83. The number of rotatable bonds is 6. The number of hydrogen-bond donors (Lipinski definition) is 0. The minimum absolute atomic E-state index is 0.00721. The van der Waals surface area contributed by atoms with Crippen molar-refractivity contribution >= 4 is 25.0 Å². The third kappa shape index (κ3) is 4.75. The molecule has 1 fully saturated rings. The van der Waals surface area contributed by atoms with Crippen LogP contribution in [0.5, 0.6) is 0 Å². The Morgan fingerprint density at radius 1 is 0.885 bits per heavy atom. The van der Waals surface area contributed by atoms with Crippen molar-refractivity contribution in [3.63, 3.8) is 0 Å². The average Bonchev–Trinajstić information content (AvgIpc) is 2.48. The molecule has 1 heterocycles. The van der Waals surface area contributed by atoms with Crippen molar-refractivity contribution in [1.82, 2.24) is 0 Å². The molecule has 1 aliphatic rings. The van der Waals surface area contributed by atoms with Crippen molar-refractivity contribution < 1.29 is 13.0 Å². The van der Waals surface area contributed by atoms with Crippen molar-refractivity contribution in [3.8, 4) is 0 Å². The van der Waals surface area contributed by atoms with Crippen LogP contribution in [0.3, 0.4) is 0 Å². The van der Waals surface area contributed by atoms with Crippen LogP contribution in [0.1, 0.15) is 75.7 Å². The van der Waals surface area contributed by atoms with Crippen LogP contribution < -0.4 is 0 Å². The first kappa shape index (κ1) is 24.2. The molecule has 1 rings (SSSR count). The molecule has 0 spiro atoms. The van der Waals surface area contributed by atoms with E-state index in [0.717, 1.165) is 6.42 Å². The van der Waals surface area contributed by atoms with E-state index < -0.39 is 17.1 Å². The molecule has 0 bridgehead atoms. The summed E-state index contributed by atoms with van der Waals surface area (Å²) in [4.78, 5) is 0. The highest BCUT2D eigenvalue weighted by Gasteiger charge is 2.57. The minimum atomic E-state index is -2.52. The topological polar surface area (TPSA) is 27.7 Å². The lowest BCUT2D eigenvalue weighted by molar-refractivity contribution is 0.0824. The zero-order chi connectivity index (χ0) is 20.3. The summed E-state index contributed by atoms with van der Waals surface area (Å²) in [5, 5.41) is 0. The molecule has 2 radical (unpaired) electrons. The fourth-order valence-electron chi connectivity index (χ4n) is 4.22. The molecule has 0 aromatic carbocycles. The second-order valence-electron chi connectivity index (χ2n) is 9.14. The van der Waals surface area contributed by atoms with Crippen LogP contribution in [0.15, 0.2) is 11.1 Å². The molecule has 0 amide bonds. The summed E-state index contributed by atoms with van der Waals surface area (Å²) in [5.74, 6) is 0. The number of hydrogen-bond acceptors (Lipinski definition) is 3. The average molecular weight is 397 g/mol. The third-order valence-electron chi connectivity index (χ3n) is 5.82. The van der Waals surface area contributed by atoms with Crippen LogP contribution in [-0.2, 0) is 13.0 Å². The SMILES string of the molecule is [B]CC(=C(C)C)C1CCO[Si](C(C)C)(C(C)C)O[Si](C(C)C)(C(C)C)O1. The van der Waals surface area contributed by atoms with Crippen molar-refractivity contribution in [2.24, 2.45) is 0 Å². The van der Waals surface area contributed by atoms with Gasteiger partial charge in [-0.2, -0.15) is 0 Å². The Labute approximate surface area is 166 Å². The Morgan fingerprint density at radius 2 is 1.35 bits per heavy atom. The first-order valence-electron chi connectivity index (χ1n) is 10.3. The van der Waals surface area contributed by atoms with E-state index in [0.29, 0.717) is 35.1 Å². The van der Waals surface area contributed by atoms with Crippen LogP contribution >= 0.6 is 0 Å². The standard InChI is InChI=1S/C20H41BO3Si2/c1-14(2)19(13-21)20-11-12-22-25(15(3)4,16(5)6)24-26(23-20,17(7)8)18(9)10/h15-18,20H,11-13H2,1-10H3. The van der Waals surface area contributed by atoms with Crippen molar-refractivity contribution in [2.75, 3.05) is 6.61 Å². The molecular formula is C20H41BO3Si2. The highest BCUT2D eigenvalue weighted by Crippen LogP contribution is 2.46. The van der Waals surface area contributed by atoms with Crippen molar-refractivity contribution in [1.29, 1.82) is 0 Å². The molecule has 1 saturated heterocycles. The summed E-state index contributed by atoms with van der Waals surface area (Å²) in [6, 6.07) is 0. The second kappa shape index (κ2) is 9.55. The van der Waals surface area contributed by atoms with Gasteiger partial charge in [0.25, 0.3) is 0 Å². The zero-order valence-corrected chi connectivity index (χ0v) is 20.8. The van der Waals surface area contributed by atoms with Crippen molar-refractivity contribution in [2.45, 2.75) is 110 Å². The van der Waals surface area contributed by atoms with Gasteiger partial charge in [-0.1, -0.05) is 72.9 Å². The minimum Gasteiger partial charge on any atom is -0.414 e. The van der Waals surface area contributed by atoms with Gasteiger partial charge in [0.2, 0.25) is 0 Å². The molecule has 1 unspecified atom stereocenters. The Bertz CT molecular complexity index is 469. The lowest BCUT2D eigenvalue weighted by atomic mass is 9.89. The van der Waals surface area contributed by atoms with E-state index in [2.05, 4.69) is 69.2 Å². The zero-order valence-electron chi connectivity index (χ0n) is 18.8. The van der Waals surface area contributed by atoms with Gasteiger partial charge in [-0.15, -0.1) is 0 Å². The van der Waals surface area contributed by atoms with E-state index in [4.69, 9.17) is 20.8 Å². The van der Waals surface area contributed by atoms with Crippen molar-refractivity contribution in [3.05, 3.63) is 11.1 Å². The maximum Gasteiger partial charge on any atom is 0.335 e. The normalized spacial score (nSPS) is 23.4. The summed E-state index contributed by atoms with van der Waals surface area (Å²) in [5.41, 5.74) is 3.96. The molecule has 26 heavy (non-hydrogen) atoms. The summed E-state index contributed by atoms with van der Waals surface area (Å²) in [6.45, 7) is 23.0. The smallest absolute Gasteiger partial charge is 0.335 e. The molecule has 0 N–H and O–H groups in total. The van der Waals surface area contributed by atoms with Gasteiger partial charge in [-0.05, 0) is 42.4 Å². The lowest BCUT2D eigenvalue weighted by Gasteiger charge is -2.51. The molecule has 150 valence electrons. The van der Waals surface area contributed by atoms with Gasteiger partial charge in [0, 0.05) is 6.61 Å². The fourth-order valence-corrected chi connectivity index (χ4v) is 15.4. The summed E-state index contributed by atoms with van der Waals surface area (Å²) >= 11 is 0. The van der Waals surface area contributed by atoms with E-state index in [1.165, 1.54) is 11.1 Å². The molecule has 0 saturated carbocycles.